The third kappa shape index (κ3) is 6.18. The number of hydrogen-bond acceptors (Lipinski definition) is 3. The normalized spacial score (nSPS) is 17.4. The highest BCUT2D eigenvalue weighted by molar-refractivity contribution is 5.96. The first-order valence-electron chi connectivity index (χ1n) is 11.3. The van der Waals surface area contributed by atoms with Gasteiger partial charge >= 0.3 is 0 Å². The lowest BCUT2D eigenvalue weighted by atomic mass is 9.88. The molecular weight excluding hydrogens is 408 g/mol. The van der Waals surface area contributed by atoms with Gasteiger partial charge in [-0.2, -0.15) is 0 Å². The predicted octanol–water partition coefficient (Wildman–Crippen LogP) is 4.54. The molecule has 4 nitrogen and oxygen atoms in total. The summed E-state index contributed by atoms with van der Waals surface area (Å²) in [7, 11) is 0. The summed E-state index contributed by atoms with van der Waals surface area (Å²) >= 11 is 0. The number of piperidine rings is 1. The molecule has 0 aromatic heterocycles. The molecule has 0 aliphatic carbocycles. The number of halogens is 1. The van der Waals surface area contributed by atoms with E-state index < -0.39 is 0 Å². The van der Waals surface area contributed by atoms with Gasteiger partial charge in [-0.3, -0.25) is 14.5 Å². The van der Waals surface area contributed by atoms with Crippen molar-refractivity contribution in [1.29, 1.82) is 0 Å². The van der Waals surface area contributed by atoms with Gasteiger partial charge in [-0.15, -0.1) is 12.4 Å². The summed E-state index contributed by atoms with van der Waals surface area (Å²) in [5.74, 6) is 0.796. The molecule has 0 atom stereocenters. The topological polar surface area (TPSA) is 40.6 Å². The molecule has 0 bridgehead atoms. The Morgan fingerprint density at radius 3 is 2.26 bits per heavy atom. The molecular formula is C26H33ClN2O2. The fourth-order valence-electron chi connectivity index (χ4n) is 4.78. The number of benzene rings is 2. The first-order valence-corrected chi connectivity index (χ1v) is 11.3. The maximum Gasteiger partial charge on any atom is 0.219 e. The Bertz CT molecular complexity index is 892. The Labute approximate surface area is 192 Å². The van der Waals surface area contributed by atoms with E-state index in [1.54, 1.807) is 6.92 Å². The standard InChI is InChI=1S/C26H32N2O2.ClH/c1-20(29)28-15-9-21(10-16-28)17-26(30)25-8-7-23-11-13-27(14-12-24(23)18-25)19-22-5-3-2-4-6-22;/h2-8,18,21H,9-17,19H2,1H3;1H. The van der Waals surface area contributed by atoms with Crippen LogP contribution in [-0.4, -0.2) is 47.7 Å². The number of likely N-dealkylation sites (tertiary alicyclic amines) is 1. The molecule has 2 aromatic carbocycles. The van der Waals surface area contributed by atoms with Crippen molar-refractivity contribution >= 4 is 24.1 Å². The number of Topliss-reactive ketones (excluding diaryl/α,β-unsaturated/α-hetero) is 1. The zero-order chi connectivity index (χ0) is 20.9. The van der Waals surface area contributed by atoms with E-state index >= 15 is 0 Å². The zero-order valence-corrected chi connectivity index (χ0v) is 19.2. The average molecular weight is 441 g/mol. The monoisotopic (exact) mass is 440 g/mol. The van der Waals surface area contributed by atoms with Crippen LogP contribution in [0.15, 0.2) is 48.5 Å². The lowest BCUT2D eigenvalue weighted by Crippen LogP contribution is -2.37. The average Bonchev–Trinajstić information content (AvgIpc) is 2.97. The maximum absolute atomic E-state index is 12.9. The van der Waals surface area contributed by atoms with Crippen molar-refractivity contribution in [3.63, 3.8) is 0 Å². The lowest BCUT2D eigenvalue weighted by Gasteiger charge is -2.31. The molecule has 1 fully saturated rings. The molecule has 1 saturated heterocycles. The summed E-state index contributed by atoms with van der Waals surface area (Å²) in [6, 6.07) is 17.0. The van der Waals surface area contributed by atoms with Gasteiger partial charge in [0.25, 0.3) is 0 Å². The summed E-state index contributed by atoms with van der Waals surface area (Å²) in [5.41, 5.74) is 4.94. The molecule has 0 spiro atoms. The van der Waals surface area contributed by atoms with Crippen LogP contribution in [0, 0.1) is 5.92 Å². The summed E-state index contributed by atoms with van der Waals surface area (Å²) in [4.78, 5) is 28.8. The molecule has 166 valence electrons. The van der Waals surface area contributed by atoms with E-state index in [2.05, 4.69) is 47.4 Å². The molecule has 0 radical (unpaired) electrons. The van der Waals surface area contributed by atoms with Gasteiger partial charge in [0.1, 0.15) is 0 Å². The van der Waals surface area contributed by atoms with Gasteiger partial charge in [-0.1, -0.05) is 42.5 Å². The van der Waals surface area contributed by atoms with Crippen molar-refractivity contribution in [2.45, 2.75) is 45.6 Å². The lowest BCUT2D eigenvalue weighted by molar-refractivity contribution is -0.130. The Morgan fingerprint density at radius 1 is 0.903 bits per heavy atom. The fraction of sp³-hybridized carbons (Fsp3) is 0.462. The molecule has 2 aromatic rings. The number of carbonyl (C=O) groups is 2. The van der Waals surface area contributed by atoms with E-state index in [0.29, 0.717) is 12.3 Å². The predicted molar refractivity (Wildman–Crippen MR) is 127 cm³/mol. The summed E-state index contributed by atoms with van der Waals surface area (Å²) < 4.78 is 0. The third-order valence-corrected chi connectivity index (χ3v) is 6.71. The van der Waals surface area contributed by atoms with Gasteiger partial charge in [0.15, 0.2) is 5.78 Å². The van der Waals surface area contributed by atoms with E-state index in [4.69, 9.17) is 0 Å². The largest absolute Gasteiger partial charge is 0.343 e. The smallest absolute Gasteiger partial charge is 0.219 e. The number of carbonyl (C=O) groups excluding carboxylic acids is 2. The molecule has 31 heavy (non-hydrogen) atoms. The van der Waals surface area contributed by atoms with Crippen LogP contribution in [0.5, 0.6) is 0 Å². The van der Waals surface area contributed by atoms with Crippen molar-refractivity contribution in [3.05, 3.63) is 70.8 Å². The minimum atomic E-state index is 0. The van der Waals surface area contributed by atoms with Crippen LogP contribution in [0.4, 0.5) is 0 Å². The summed E-state index contributed by atoms with van der Waals surface area (Å²) in [6.07, 6.45) is 4.51. The van der Waals surface area contributed by atoms with Crippen molar-refractivity contribution in [1.82, 2.24) is 9.80 Å². The van der Waals surface area contributed by atoms with E-state index in [0.717, 1.165) is 64.0 Å². The third-order valence-electron chi connectivity index (χ3n) is 6.71. The Hall–Kier alpha value is -2.17. The van der Waals surface area contributed by atoms with Gasteiger partial charge < -0.3 is 4.90 Å². The number of nitrogens with zero attached hydrogens (tertiary/aromatic N) is 2. The second-order valence-electron chi connectivity index (χ2n) is 8.82. The number of hydrogen-bond donors (Lipinski definition) is 0. The van der Waals surface area contributed by atoms with Crippen LogP contribution in [0.3, 0.4) is 0 Å². The van der Waals surface area contributed by atoms with Crippen LogP contribution in [0.25, 0.3) is 0 Å². The second-order valence-corrected chi connectivity index (χ2v) is 8.82. The molecule has 0 N–H and O–H groups in total. The molecule has 2 aliphatic rings. The molecule has 5 heteroatoms. The summed E-state index contributed by atoms with van der Waals surface area (Å²) in [5, 5.41) is 0. The molecule has 4 rings (SSSR count). The van der Waals surface area contributed by atoms with Crippen molar-refractivity contribution < 1.29 is 9.59 Å². The van der Waals surface area contributed by atoms with Crippen molar-refractivity contribution in [2.75, 3.05) is 26.2 Å². The van der Waals surface area contributed by atoms with E-state index in [9.17, 15) is 9.59 Å². The van der Waals surface area contributed by atoms with Gasteiger partial charge in [-0.25, -0.2) is 0 Å². The van der Waals surface area contributed by atoms with Gasteiger partial charge in [0.2, 0.25) is 5.91 Å². The van der Waals surface area contributed by atoms with Crippen molar-refractivity contribution in [2.24, 2.45) is 5.92 Å². The van der Waals surface area contributed by atoms with Crippen LogP contribution >= 0.6 is 12.4 Å². The van der Waals surface area contributed by atoms with E-state index in [1.807, 2.05) is 11.0 Å². The highest BCUT2D eigenvalue weighted by Gasteiger charge is 2.24. The Morgan fingerprint density at radius 2 is 1.58 bits per heavy atom. The SMILES string of the molecule is CC(=O)N1CCC(CC(=O)c2ccc3c(c2)CCN(Cc2ccccc2)CC3)CC1.Cl. The molecule has 0 saturated carbocycles. The van der Waals surface area contributed by atoms with Crippen LogP contribution in [0.2, 0.25) is 0 Å². The Balaban J connectivity index is 0.00000272. The maximum atomic E-state index is 12.9. The molecule has 0 unspecified atom stereocenters. The first kappa shape index (κ1) is 23.5. The van der Waals surface area contributed by atoms with Crippen LogP contribution in [0.1, 0.15) is 53.2 Å². The van der Waals surface area contributed by atoms with Crippen LogP contribution < -0.4 is 0 Å². The highest BCUT2D eigenvalue weighted by Crippen LogP contribution is 2.25. The minimum absolute atomic E-state index is 0. The van der Waals surface area contributed by atoms with Gasteiger partial charge in [-0.05, 0) is 54.4 Å². The second kappa shape index (κ2) is 10.9. The first-order chi connectivity index (χ1) is 14.6. The minimum Gasteiger partial charge on any atom is -0.343 e. The molecule has 1 amide bonds. The zero-order valence-electron chi connectivity index (χ0n) is 18.4. The number of ketones is 1. The number of rotatable bonds is 5. The van der Waals surface area contributed by atoms with E-state index in [1.165, 1.54) is 16.7 Å². The number of fused-ring (bicyclic) bond motifs is 1. The van der Waals surface area contributed by atoms with Crippen molar-refractivity contribution in [3.8, 4) is 0 Å². The van der Waals surface area contributed by atoms with Gasteiger partial charge in [0.05, 0.1) is 0 Å². The molecule has 2 aliphatic heterocycles. The number of amides is 1. The van der Waals surface area contributed by atoms with Gasteiger partial charge in [0, 0.05) is 51.6 Å². The molecule has 2 heterocycles. The Kier molecular flexibility index (Phi) is 8.28. The summed E-state index contributed by atoms with van der Waals surface area (Å²) in [6.45, 7) is 6.28. The highest BCUT2D eigenvalue weighted by atomic mass is 35.5. The quantitative estimate of drug-likeness (QED) is 0.641. The van der Waals surface area contributed by atoms with E-state index in [-0.39, 0.29) is 24.1 Å². The fourth-order valence-corrected chi connectivity index (χ4v) is 4.78. The van der Waals surface area contributed by atoms with Crippen LogP contribution in [-0.2, 0) is 24.2 Å².